The highest BCUT2D eigenvalue weighted by Crippen LogP contribution is 2.26. The van der Waals surface area contributed by atoms with Crippen molar-refractivity contribution in [1.82, 2.24) is 9.21 Å². The van der Waals surface area contributed by atoms with E-state index in [-0.39, 0.29) is 30.4 Å². The van der Waals surface area contributed by atoms with Gasteiger partial charge in [-0.25, -0.2) is 8.42 Å². The molecular formula is C13H17N3O5S. The minimum absolute atomic E-state index is 0.107. The van der Waals surface area contributed by atoms with Gasteiger partial charge in [0.15, 0.2) is 4.90 Å². The van der Waals surface area contributed by atoms with Crippen LogP contribution >= 0.6 is 0 Å². The molecule has 1 aromatic carbocycles. The summed E-state index contributed by atoms with van der Waals surface area (Å²) in [6, 6.07) is 5.30. The van der Waals surface area contributed by atoms with Crippen molar-refractivity contribution in [3.05, 3.63) is 34.4 Å². The summed E-state index contributed by atoms with van der Waals surface area (Å²) < 4.78 is 26.5. The molecule has 0 bridgehead atoms. The summed E-state index contributed by atoms with van der Waals surface area (Å²) in [5, 5.41) is 11.0. The third-order valence-electron chi connectivity index (χ3n) is 3.58. The molecule has 0 N–H and O–H groups in total. The van der Waals surface area contributed by atoms with Gasteiger partial charge in [-0.1, -0.05) is 12.1 Å². The SMILES string of the molecule is CC(=O)N1CCCN(S(=O)(=O)c2ccccc2[N+](=O)[O-])CC1. The van der Waals surface area contributed by atoms with Gasteiger partial charge in [-0.15, -0.1) is 0 Å². The van der Waals surface area contributed by atoms with Gasteiger partial charge in [0.2, 0.25) is 15.9 Å². The van der Waals surface area contributed by atoms with Crippen LogP contribution in [0.3, 0.4) is 0 Å². The number of hydrogen-bond acceptors (Lipinski definition) is 5. The highest BCUT2D eigenvalue weighted by molar-refractivity contribution is 7.89. The largest absolute Gasteiger partial charge is 0.342 e. The number of carbonyl (C=O) groups is 1. The molecule has 1 fully saturated rings. The van der Waals surface area contributed by atoms with Crippen LogP contribution < -0.4 is 0 Å². The minimum atomic E-state index is -3.96. The van der Waals surface area contributed by atoms with E-state index >= 15 is 0 Å². The Kier molecular flexibility index (Phi) is 4.77. The molecule has 1 amide bonds. The Morgan fingerprint density at radius 1 is 1.18 bits per heavy atom. The first-order valence-electron chi connectivity index (χ1n) is 6.83. The zero-order valence-corrected chi connectivity index (χ0v) is 13.0. The Bertz CT molecular complexity index is 689. The lowest BCUT2D eigenvalue weighted by atomic mass is 10.3. The smallest absolute Gasteiger partial charge is 0.289 e. The minimum Gasteiger partial charge on any atom is -0.342 e. The molecule has 1 aromatic rings. The van der Waals surface area contributed by atoms with E-state index < -0.39 is 20.6 Å². The first kappa shape index (κ1) is 16.4. The number of rotatable bonds is 3. The van der Waals surface area contributed by atoms with Crippen molar-refractivity contribution in [3.63, 3.8) is 0 Å². The van der Waals surface area contributed by atoms with Gasteiger partial charge in [0.05, 0.1) is 4.92 Å². The number of sulfonamides is 1. The van der Waals surface area contributed by atoms with Crippen LogP contribution in [0.5, 0.6) is 0 Å². The summed E-state index contributed by atoms with van der Waals surface area (Å²) in [6.45, 7) is 2.58. The predicted molar refractivity (Wildman–Crippen MR) is 78.7 cm³/mol. The van der Waals surface area contributed by atoms with E-state index in [1.165, 1.54) is 35.5 Å². The van der Waals surface area contributed by atoms with E-state index in [0.717, 1.165) is 0 Å². The van der Waals surface area contributed by atoms with Crippen LogP contribution in [0, 0.1) is 10.1 Å². The van der Waals surface area contributed by atoms with Gasteiger partial charge < -0.3 is 4.90 Å². The third-order valence-corrected chi connectivity index (χ3v) is 5.53. The number of benzene rings is 1. The summed E-state index contributed by atoms with van der Waals surface area (Å²) in [7, 11) is -3.96. The third kappa shape index (κ3) is 3.25. The van der Waals surface area contributed by atoms with Crippen molar-refractivity contribution in [1.29, 1.82) is 0 Å². The zero-order valence-electron chi connectivity index (χ0n) is 12.1. The van der Waals surface area contributed by atoms with E-state index in [0.29, 0.717) is 13.0 Å². The molecule has 0 radical (unpaired) electrons. The summed E-state index contributed by atoms with van der Waals surface area (Å²) in [5.41, 5.74) is -0.435. The van der Waals surface area contributed by atoms with Crippen molar-refractivity contribution >= 4 is 21.6 Å². The highest BCUT2D eigenvalue weighted by Gasteiger charge is 2.32. The molecule has 0 atom stereocenters. The van der Waals surface area contributed by atoms with Crippen molar-refractivity contribution in [2.75, 3.05) is 26.2 Å². The maximum atomic E-state index is 12.7. The number of nitrogens with zero attached hydrogens (tertiary/aromatic N) is 3. The molecule has 0 unspecified atom stereocenters. The fraction of sp³-hybridized carbons (Fsp3) is 0.462. The maximum absolute atomic E-state index is 12.7. The Balaban J connectivity index is 2.31. The highest BCUT2D eigenvalue weighted by atomic mass is 32.2. The van der Waals surface area contributed by atoms with Crippen LogP contribution in [-0.4, -0.2) is 54.6 Å². The Labute approximate surface area is 128 Å². The number of nitro benzene ring substituents is 1. The van der Waals surface area contributed by atoms with Crippen molar-refractivity contribution < 1.29 is 18.1 Å². The van der Waals surface area contributed by atoms with Crippen LogP contribution in [0.4, 0.5) is 5.69 Å². The zero-order chi connectivity index (χ0) is 16.3. The second-order valence-corrected chi connectivity index (χ2v) is 6.89. The first-order chi connectivity index (χ1) is 10.3. The van der Waals surface area contributed by atoms with Crippen LogP contribution in [0.2, 0.25) is 0 Å². The molecule has 9 heteroatoms. The summed E-state index contributed by atoms with van der Waals surface area (Å²) >= 11 is 0. The van der Waals surface area contributed by atoms with E-state index in [1.807, 2.05) is 0 Å². The average molecular weight is 327 g/mol. The van der Waals surface area contributed by atoms with Crippen LogP contribution in [0.25, 0.3) is 0 Å². The average Bonchev–Trinajstić information content (AvgIpc) is 2.73. The number of carbonyl (C=O) groups excluding carboxylic acids is 1. The molecular weight excluding hydrogens is 310 g/mol. The molecule has 0 spiro atoms. The van der Waals surface area contributed by atoms with Gasteiger partial charge in [-0.2, -0.15) is 4.31 Å². The summed E-state index contributed by atoms with van der Waals surface area (Å²) in [6.07, 6.45) is 0.499. The molecule has 0 aromatic heterocycles. The van der Waals surface area contributed by atoms with Crippen LogP contribution in [0.15, 0.2) is 29.2 Å². The van der Waals surface area contributed by atoms with Gasteiger partial charge in [0, 0.05) is 39.2 Å². The van der Waals surface area contributed by atoms with Gasteiger partial charge in [-0.3, -0.25) is 14.9 Å². The van der Waals surface area contributed by atoms with Crippen LogP contribution in [-0.2, 0) is 14.8 Å². The Morgan fingerprint density at radius 3 is 2.50 bits per heavy atom. The molecule has 1 heterocycles. The summed E-state index contributed by atoms with van der Waals surface area (Å²) in [4.78, 5) is 23.0. The fourth-order valence-electron chi connectivity index (χ4n) is 2.41. The predicted octanol–water partition coefficient (Wildman–Crippen LogP) is 0.838. The van der Waals surface area contributed by atoms with Crippen molar-refractivity contribution in [2.24, 2.45) is 0 Å². The first-order valence-corrected chi connectivity index (χ1v) is 8.27. The van der Waals surface area contributed by atoms with Crippen molar-refractivity contribution in [2.45, 2.75) is 18.2 Å². The lowest BCUT2D eigenvalue weighted by molar-refractivity contribution is -0.387. The molecule has 1 aliphatic heterocycles. The second-order valence-electron chi connectivity index (χ2n) is 4.99. The topological polar surface area (TPSA) is 101 Å². The molecule has 1 saturated heterocycles. The normalized spacial score (nSPS) is 17.0. The lowest BCUT2D eigenvalue weighted by Gasteiger charge is -2.20. The quantitative estimate of drug-likeness (QED) is 0.605. The number of para-hydroxylation sites is 1. The number of hydrogen-bond donors (Lipinski definition) is 0. The van der Waals surface area contributed by atoms with E-state index in [1.54, 1.807) is 4.90 Å². The maximum Gasteiger partial charge on any atom is 0.289 e. The molecule has 22 heavy (non-hydrogen) atoms. The molecule has 0 aliphatic carbocycles. The second kappa shape index (κ2) is 6.41. The van der Waals surface area contributed by atoms with Crippen LogP contribution in [0.1, 0.15) is 13.3 Å². The van der Waals surface area contributed by atoms with E-state index in [2.05, 4.69) is 0 Å². The molecule has 2 rings (SSSR count). The number of nitro groups is 1. The Morgan fingerprint density at radius 2 is 1.86 bits per heavy atom. The molecule has 120 valence electrons. The van der Waals surface area contributed by atoms with E-state index in [4.69, 9.17) is 0 Å². The Hall–Kier alpha value is -2.00. The molecule has 0 saturated carbocycles. The fourth-order valence-corrected chi connectivity index (χ4v) is 4.04. The summed E-state index contributed by atoms with van der Waals surface area (Å²) in [5.74, 6) is -0.107. The molecule has 1 aliphatic rings. The standard InChI is InChI=1S/C13H17N3O5S/c1-11(17)14-7-4-8-15(10-9-14)22(20,21)13-6-3-2-5-12(13)16(18)19/h2-3,5-6H,4,7-10H2,1H3. The van der Waals surface area contributed by atoms with Crippen molar-refractivity contribution in [3.8, 4) is 0 Å². The van der Waals surface area contributed by atoms with Gasteiger partial charge in [0.25, 0.3) is 5.69 Å². The molecule has 8 nitrogen and oxygen atoms in total. The van der Waals surface area contributed by atoms with Gasteiger partial charge in [-0.05, 0) is 12.5 Å². The lowest BCUT2D eigenvalue weighted by Crippen LogP contribution is -2.36. The van der Waals surface area contributed by atoms with Gasteiger partial charge in [0.1, 0.15) is 0 Å². The van der Waals surface area contributed by atoms with Gasteiger partial charge >= 0.3 is 0 Å². The monoisotopic (exact) mass is 327 g/mol. The van der Waals surface area contributed by atoms with E-state index in [9.17, 15) is 23.3 Å². The number of amides is 1.